The molecule has 1 heterocycles. The van der Waals surface area contributed by atoms with Crippen LogP contribution in [-0.2, 0) is 24.2 Å². The molecule has 2 aromatic rings. The summed E-state index contributed by atoms with van der Waals surface area (Å²) >= 11 is 1.67. The second-order valence-electron chi connectivity index (χ2n) is 4.40. The highest BCUT2D eigenvalue weighted by atomic mass is 32.1. The first-order valence-electron chi connectivity index (χ1n) is 6.29. The standard InChI is InChI=1S/C14H17N3O2S/c1-10-16-13(9-20-10)6-5-11-3-2-4-12(7-11)8-19-14(18)17-15/h2-4,7,9H,5-6,8,15H2,1H3,(H,17,18). The molecule has 3 N–H and O–H groups in total. The molecule has 0 aliphatic rings. The van der Waals surface area contributed by atoms with Gasteiger partial charge in [-0.1, -0.05) is 24.3 Å². The van der Waals surface area contributed by atoms with E-state index in [2.05, 4.69) is 16.4 Å². The lowest BCUT2D eigenvalue weighted by Gasteiger charge is -2.06. The van der Waals surface area contributed by atoms with Crippen molar-refractivity contribution >= 4 is 17.4 Å². The highest BCUT2D eigenvalue weighted by Gasteiger charge is 2.03. The fourth-order valence-corrected chi connectivity index (χ4v) is 2.51. The Morgan fingerprint density at radius 3 is 2.90 bits per heavy atom. The topological polar surface area (TPSA) is 77.2 Å². The minimum Gasteiger partial charge on any atom is -0.444 e. The van der Waals surface area contributed by atoms with Crippen molar-refractivity contribution in [1.29, 1.82) is 0 Å². The zero-order valence-corrected chi connectivity index (χ0v) is 12.1. The van der Waals surface area contributed by atoms with Gasteiger partial charge in [-0.3, -0.25) is 5.43 Å². The first-order valence-corrected chi connectivity index (χ1v) is 7.17. The number of nitrogens with two attached hydrogens (primary N) is 1. The molecule has 0 aliphatic heterocycles. The third kappa shape index (κ3) is 4.32. The first-order chi connectivity index (χ1) is 9.67. The van der Waals surface area contributed by atoms with Crippen LogP contribution in [0.4, 0.5) is 4.79 Å². The molecule has 1 aromatic carbocycles. The quantitative estimate of drug-likeness (QED) is 0.503. The van der Waals surface area contributed by atoms with Crippen LogP contribution in [0.3, 0.4) is 0 Å². The van der Waals surface area contributed by atoms with E-state index in [1.54, 1.807) is 11.3 Å². The molecule has 0 bridgehead atoms. The number of nitrogens with one attached hydrogen (secondary N) is 1. The molecule has 0 unspecified atom stereocenters. The number of rotatable bonds is 5. The summed E-state index contributed by atoms with van der Waals surface area (Å²) in [6.07, 6.45) is 1.20. The van der Waals surface area contributed by atoms with Crippen molar-refractivity contribution < 1.29 is 9.53 Å². The van der Waals surface area contributed by atoms with E-state index >= 15 is 0 Å². The van der Waals surface area contributed by atoms with Crippen LogP contribution in [0.25, 0.3) is 0 Å². The van der Waals surface area contributed by atoms with Crippen LogP contribution < -0.4 is 11.3 Å². The number of amides is 1. The summed E-state index contributed by atoms with van der Waals surface area (Å²) in [6, 6.07) is 7.97. The van der Waals surface area contributed by atoms with Crippen molar-refractivity contribution in [3.8, 4) is 0 Å². The Hall–Kier alpha value is -1.92. The molecular formula is C14H17N3O2S. The van der Waals surface area contributed by atoms with Crippen molar-refractivity contribution in [3.63, 3.8) is 0 Å². The number of benzene rings is 1. The van der Waals surface area contributed by atoms with Gasteiger partial charge in [-0.15, -0.1) is 11.3 Å². The Bertz CT molecular complexity index is 583. The molecular weight excluding hydrogens is 274 g/mol. The summed E-state index contributed by atoms with van der Waals surface area (Å²) < 4.78 is 4.91. The van der Waals surface area contributed by atoms with Gasteiger partial charge in [0.25, 0.3) is 0 Å². The minimum absolute atomic E-state index is 0.215. The molecule has 0 atom stereocenters. The fourth-order valence-electron chi connectivity index (χ4n) is 1.86. The van der Waals surface area contributed by atoms with E-state index < -0.39 is 6.09 Å². The van der Waals surface area contributed by atoms with Gasteiger partial charge >= 0.3 is 6.09 Å². The maximum atomic E-state index is 10.9. The van der Waals surface area contributed by atoms with Crippen LogP contribution in [0.5, 0.6) is 0 Å². The summed E-state index contributed by atoms with van der Waals surface area (Å²) in [5.74, 6) is 4.95. The van der Waals surface area contributed by atoms with E-state index in [-0.39, 0.29) is 6.61 Å². The molecule has 0 radical (unpaired) electrons. The summed E-state index contributed by atoms with van der Waals surface area (Å²) in [7, 11) is 0. The number of hydrogen-bond acceptors (Lipinski definition) is 5. The first kappa shape index (κ1) is 14.5. The Morgan fingerprint density at radius 1 is 1.40 bits per heavy atom. The molecule has 6 heteroatoms. The molecule has 1 amide bonds. The number of carbonyl (C=O) groups excluding carboxylic acids is 1. The number of hydrazine groups is 1. The predicted molar refractivity (Wildman–Crippen MR) is 78.2 cm³/mol. The summed E-state index contributed by atoms with van der Waals surface area (Å²) in [5.41, 5.74) is 5.20. The van der Waals surface area contributed by atoms with Crippen LogP contribution in [0, 0.1) is 6.92 Å². The van der Waals surface area contributed by atoms with Gasteiger partial charge in [0.2, 0.25) is 0 Å². The highest BCUT2D eigenvalue weighted by Crippen LogP contribution is 2.13. The number of thiazole rings is 1. The zero-order valence-electron chi connectivity index (χ0n) is 11.3. The number of aromatic nitrogens is 1. The molecule has 0 saturated carbocycles. The average Bonchev–Trinajstić information content (AvgIpc) is 2.88. The smallest absolute Gasteiger partial charge is 0.421 e. The van der Waals surface area contributed by atoms with Crippen LogP contribution >= 0.6 is 11.3 Å². The Labute approximate surface area is 121 Å². The second kappa shape index (κ2) is 7.02. The van der Waals surface area contributed by atoms with E-state index in [1.807, 2.05) is 30.5 Å². The SMILES string of the molecule is Cc1nc(CCc2cccc(COC(=O)NN)c2)cs1. The molecule has 0 saturated heterocycles. The molecule has 5 nitrogen and oxygen atoms in total. The summed E-state index contributed by atoms with van der Waals surface area (Å²) in [5, 5.41) is 3.18. The van der Waals surface area contributed by atoms with Gasteiger partial charge < -0.3 is 4.74 Å². The van der Waals surface area contributed by atoms with Crippen molar-refractivity contribution in [2.75, 3.05) is 0 Å². The Morgan fingerprint density at radius 2 is 2.20 bits per heavy atom. The van der Waals surface area contributed by atoms with Gasteiger partial charge in [0, 0.05) is 5.38 Å². The molecule has 0 aliphatic carbocycles. The predicted octanol–water partition coefficient (Wildman–Crippen LogP) is 2.34. The summed E-state index contributed by atoms with van der Waals surface area (Å²) in [4.78, 5) is 15.4. The number of carbonyl (C=O) groups is 1. The lowest BCUT2D eigenvalue weighted by atomic mass is 10.1. The normalized spacial score (nSPS) is 10.3. The van der Waals surface area contributed by atoms with Crippen molar-refractivity contribution in [1.82, 2.24) is 10.4 Å². The maximum Gasteiger partial charge on any atom is 0.421 e. The minimum atomic E-state index is -0.631. The fraction of sp³-hybridized carbons (Fsp3) is 0.286. The van der Waals surface area contributed by atoms with Gasteiger partial charge in [-0.05, 0) is 30.9 Å². The van der Waals surface area contributed by atoms with E-state index in [0.717, 1.165) is 29.1 Å². The Balaban J connectivity index is 1.90. The van der Waals surface area contributed by atoms with Gasteiger partial charge in [-0.25, -0.2) is 15.6 Å². The lowest BCUT2D eigenvalue weighted by Crippen LogP contribution is -2.30. The van der Waals surface area contributed by atoms with Crippen molar-refractivity contribution in [3.05, 3.63) is 51.5 Å². The molecule has 20 heavy (non-hydrogen) atoms. The molecule has 1 aromatic heterocycles. The zero-order chi connectivity index (χ0) is 14.4. The van der Waals surface area contributed by atoms with Crippen molar-refractivity contribution in [2.45, 2.75) is 26.4 Å². The lowest BCUT2D eigenvalue weighted by molar-refractivity contribution is 0.140. The van der Waals surface area contributed by atoms with Crippen LogP contribution in [0.2, 0.25) is 0 Å². The van der Waals surface area contributed by atoms with Gasteiger partial charge in [0.05, 0.1) is 10.7 Å². The number of hydrogen-bond donors (Lipinski definition) is 2. The van der Waals surface area contributed by atoms with Gasteiger partial charge in [0.15, 0.2) is 0 Å². The molecule has 0 spiro atoms. The number of aryl methyl sites for hydroxylation is 3. The second-order valence-corrected chi connectivity index (χ2v) is 5.46. The number of nitrogens with zero attached hydrogens (tertiary/aromatic N) is 1. The molecule has 2 rings (SSSR count). The summed E-state index contributed by atoms with van der Waals surface area (Å²) in [6.45, 7) is 2.22. The molecule has 0 fully saturated rings. The van der Waals surface area contributed by atoms with E-state index in [9.17, 15) is 4.79 Å². The number of ether oxygens (including phenoxy) is 1. The third-order valence-electron chi connectivity index (χ3n) is 2.82. The van der Waals surface area contributed by atoms with Crippen LogP contribution in [-0.4, -0.2) is 11.1 Å². The highest BCUT2D eigenvalue weighted by molar-refractivity contribution is 7.09. The van der Waals surface area contributed by atoms with E-state index in [1.165, 1.54) is 5.56 Å². The Kier molecular flexibility index (Phi) is 5.09. The van der Waals surface area contributed by atoms with Gasteiger partial charge in [-0.2, -0.15) is 0 Å². The van der Waals surface area contributed by atoms with Crippen LogP contribution in [0.1, 0.15) is 21.8 Å². The van der Waals surface area contributed by atoms with Crippen molar-refractivity contribution in [2.24, 2.45) is 5.84 Å². The molecule has 106 valence electrons. The van der Waals surface area contributed by atoms with E-state index in [0.29, 0.717) is 0 Å². The third-order valence-corrected chi connectivity index (χ3v) is 3.64. The van der Waals surface area contributed by atoms with Gasteiger partial charge in [0.1, 0.15) is 6.61 Å². The maximum absolute atomic E-state index is 10.9. The monoisotopic (exact) mass is 291 g/mol. The average molecular weight is 291 g/mol. The largest absolute Gasteiger partial charge is 0.444 e. The van der Waals surface area contributed by atoms with Crippen LogP contribution in [0.15, 0.2) is 29.6 Å². The van der Waals surface area contributed by atoms with E-state index in [4.69, 9.17) is 10.6 Å².